The third-order valence-corrected chi connectivity index (χ3v) is 0.807. The maximum Gasteiger partial charge on any atom is 1.00 e. The van der Waals surface area contributed by atoms with Crippen molar-refractivity contribution in [3.8, 4) is 0 Å². The van der Waals surface area contributed by atoms with Crippen molar-refractivity contribution in [2.75, 3.05) is 0 Å². The molecule has 0 aliphatic carbocycles. The van der Waals surface area contributed by atoms with E-state index in [1.165, 1.54) is 0 Å². The molecule has 9 heavy (non-hydrogen) atoms. The third kappa shape index (κ3) is 3.33. The summed E-state index contributed by atoms with van der Waals surface area (Å²) in [5.41, 5.74) is 0. The van der Waals surface area contributed by atoms with Gasteiger partial charge in [0.2, 0.25) is 0 Å². The number of aromatic nitrogens is 3. The van der Waals surface area contributed by atoms with Crippen molar-refractivity contribution in [3.63, 3.8) is 0 Å². The summed E-state index contributed by atoms with van der Waals surface area (Å²) in [6.45, 7) is 0. The van der Waals surface area contributed by atoms with Crippen molar-refractivity contribution in [2.45, 2.75) is 0 Å². The second kappa shape index (κ2) is 4.41. The zero-order valence-corrected chi connectivity index (χ0v) is 8.11. The molecule has 1 aromatic heterocycles. The summed E-state index contributed by atoms with van der Waals surface area (Å²) in [6, 6.07) is 0. The minimum absolute atomic E-state index is 0. The van der Waals surface area contributed by atoms with Gasteiger partial charge in [0.25, 0.3) is 0 Å². The van der Waals surface area contributed by atoms with Crippen molar-refractivity contribution >= 4 is 23.2 Å². The van der Waals surface area contributed by atoms with E-state index >= 15 is 0 Å². The van der Waals surface area contributed by atoms with Crippen LogP contribution in [0.2, 0.25) is 10.6 Å². The number of hydrogen-bond donors (Lipinski definition) is 0. The van der Waals surface area contributed by atoms with Crippen molar-refractivity contribution in [1.82, 2.24) is 15.0 Å². The molecule has 0 aliphatic heterocycles. The fourth-order valence-electron chi connectivity index (χ4n) is 0.234. The summed E-state index contributed by atoms with van der Waals surface area (Å²) < 4.78 is 0. The topological polar surface area (TPSA) is 38.7 Å². The van der Waals surface area contributed by atoms with Gasteiger partial charge in [-0.25, -0.2) is 0 Å². The van der Waals surface area contributed by atoms with Gasteiger partial charge in [0.15, 0.2) is 0 Å². The molecule has 0 aliphatic rings. The van der Waals surface area contributed by atoms with E-state index in [0.29, 0.717) is 0 Å². The molecule has 0 amide bonds. The van der Waals surface area contributed by atoms with Crippen LogP contribution in [0.25, 0.3) is 0 Å². The Balaban J connectivity index is 0.000000640. The fourth-order valence-corrected chi connectivity index (χ4v) is 0.513. The summed E-state index contributed by atoms with van der Waals surface area (Å²) in [5.74, 6) is 0. The van der Waals surface area contributed by atoms with Crippen molar-refractivity contribution < 1.29 is 29.6 Å². The van der Waals surface area contributed by atoms with Gasteiger partial charge >= 0.3 is 29.6 Å². The molecule has 1 rings (SSSR count). The van der Waals surface area contributed by atoms with Crippen LogP contribution in [0.1, 0.15) is 0 Å². The molecule has 0 spiro atoms. The summed E-state index contributed by atoms with van der Waals surface area (Å²) in [7, 11) is 0. The molecule has 1 heterocycles. The van der Waals surface area contributed by atoms with Crippen LogP contribution in [0.5, 0.6) is 0 Å². The first-order chi connectivity index (χ1) is 3.79. The van der Waals surface area contributed by atoms with E-state index in [2.05, 4.69) is 21.3 Å². The molecule has 0 saturated carbocycles. The Morgan fingerprint density at radius 2 is 1.56 bits per heavy atom. The quantitative estimate of drug-likeness (QED) is 0.335. The molecule has 0 atom stereocenters. The Morgan fingerprint density at radius 3 is 1.78 bits per heavy atom. The van der Waals surface area contributed by atoms with Crippen LogP contribution in [-0.2, 0) is 0 Å². The average molecular weight is 172 g/mol. The number of hydrogen-bond acceptors (Lipinski definition) is 3. The van der Waals surface area contributed by atoms with Gasteiger partial charge in [-0.05, 0) is 0 Å². The summed E-state index contributed by atoms with van der Waals surface area (Å²) in [6.07, 6.45) is 2.20. The monoisotopic (exact) mass is 171 g/mol. The Kier molecular flexibility index (Phi) is 4.70. The van der Waals surface area contributed by atoms with Crippen LogP contribution >= 0.6 is 23.2 Å². The summed E-state index contributed by atoms with van der Waals surface area (Å²) in [5, 5.41) is 0.120. The fraction of sp³-hybridized carbons (Fsp3) is 0. The van der Waals surface area contributed by atoms with E-state index in [0.717, 1.165) is 0 Å². The Bertz CT molecular complexity index is 177. The molecule has 0 bridgehead atoms. The molecule has 0 radical (unpaired) electrons. The first kappa shape index (κ1) is 9.59. The van der Waals surface area contributed by atoms with E-state index in [9.17, 15) is 0 Å². The molecule has 0 aromatic carbocycles. The maximum absolute atomic E-state index is 5.27. The van der Waals surface area contributed by atoms with Gasteiger partial charge in [0, 0.05) is 6.33 Å². The molecular formula is C3Cl2N3Na. The van der Waals surface area contributed by atoms with E-state index < -0.39 is 0 Å². The second-order valence-corrected chi connectivity index (χ2v) is 1.65. The van der Waals surface area contributed by atoms with Crippen LogP contribution in [0, 0.1) is 6.33 Å². The summed E-state index contributed by atoms with van der Waals surface area (Å²) in [4.78, 5) is 10.2. The van der Waals surface area contributed by atoms with Crippen molar-refractivity contribution in [2.24, 2.45) is 0 Å². The van der Waals surface area contributed by atoms with Crippen LogP contribution < -0.4 is 29.6 Å². The summed E-state index contributed by atoms with van der Waals surface area (Å²) >= 11 is 10.5. The van der Waals surface area contributed by atoms with Gasteiger partial charge < -0.3 is 15.0 Å². The maximum atomic E-state index is 5.27. The molecule has 6 heteroatoms. The van der Waals surface area contributed by atoms with E-state index in [-0.39, 0.29) is 40.1 Å². The number of halogens is 2. The van der Waals surface area contributed by atoms with Gasteiger partial charge in [-0.3, -0.25) is 0 Å². The van der Waals surface area contributed by atoms with Gasteiger partial charge in [0.05, 0.1) is 0 Å². The molecule has 0 fully saturated rings. The largest absolute Gasteiger partial charge is 1.00 e. The zero-order valence-electron chi connectivity index (χ0n) is 4.60. The SMILES string of the molecule is Clc1n[c-]nc(Cl)n1.[Na+]. The van der Waals surface area contributed by atoms with Crippen LogP contribution in [0.3, 0.4) is 0 Å². The first-order valence-corrected chi connectivity index (χ1v) is 2.48. The number of rotatable bonds is 0. The van der Waals surface area contributed by atoms with Crippen LogP contribution in [0.4, 0.5) is 0 Å². The normalized spacial score (nSPS) is 8.22. The van der Waals surface area contributed by atoms with Crippen LogP contribution in [0.15, 0.2) is 0 Å². The molecule has 0 unspecified atom stereocenters. The Labute approximate surface area is 84.1 Å². The van der Waals surface area contributed by atoms with Gasteiger partial charge in [0.1, 0.15) is 10.6 Å². The number of nitrogens with zero attached hydrogens (tertiary/aromatic N) is 3. The molecule has 1 aromatic rings. The van der Waals surface area contributed by atoms with Gasteiger partial charge in [-0.15, -0.1) is 23.2 Å². The predicted molar refractivity (Wildman–Crippen MR) is 28.7 cm³/mol. The zero-order chi connectivity index (χ0) is 5.98. The minimum atomic E-state index is 0. The average Bonchev–Trinajstić information content (AvgIpc) is 1.64. The Hall–Kier alpha value is 0.590. The molecule has 0 N–H and O–H groups in total. The van der Waals surface area contributed by atoms with E-state index in [1.54, 1.807) is 0 Å². The van der Waals surface area contributed by atoms with E-state index in [4.69, 9.17) is 23.2 Å². The molecular weight excluding hydrogens is 172 g/mol. The third-order valence-electron chi connectivity index (χ3n) is 0.469. The van der Waals surface area contributed by atoms with Crippen molar-refractivity contribution in [3.05, 3.63) is 16.9 Å². The Morgan fingerprint density at radius 1 is 1.11 bits per heavy atom. The molecule has 42 valence electrons. The minimum Gasteiger partial charge on any atom is -0.339 e. The van der Waals surface area contributed by atoms with Gasteiger partial charge in [-0.2, -0.15) is 0 Å². The second-order valence-electron chi connectivity index (χ2n) is 0.973. The smallest absolute Gasteiger partial charge is 0.339 e. The molecule has 3 nitrogen and oxygen atoms in total. The van der Waals surface area contributed by atoms with Gasteiger partial charge in [-0.1, -0.05) is 0 Å². The first-order valence-electron chi connectivity index (χ1n) is 1.72. The van der Waals surface area contributed by atoms with Crippen LogP contribution in [-0.4, -0.2) is 15.0 Å². The predicted octanol–water partition coefficient (Wildman–Crippen LogP) is -2.02. The standard InChI is InChI=1S/C3Cl2N3.Na/c4-2-6-1-7-3(5)8-2;/q-1;+1. The van der Waals surface area contributed by atoms with E-state index in [1.807, 2.05) is 0 Å². The molecule has 0 saturated heterocycles. The van der Waals surface area contributed by atoms with Crippen molar-refractivity contribution in [1.29, 1.82) is 0 Å².